The van der Waals surface area contributed by atoms with Crippen molar-refractivity contribution in [3.8, 4) is 11.4 Å². The summed E-state index contributed by atoms with van der Waals surface area (Å²) < 4.78 is 31.4. The third-order valence-electron chi connectivity index (χ3n) is 3.94. The van der Waals surface area contributed by atoms with E-state index in [0.29, 0.717) is 23.8 Å². The Kier molecular flexibility index (Phi) is 4.44. The minimum absolute atomic E-state index is 0.281. The topological polar surface area (TPSA) is 51.4 Å². The predicted molar refractivity (Wildman–Crippen MR) is 74.7 cm³/mol. The lowest BCUT2D eigenvalue weighted by Crippen LogP contribution is -2.33. The van der Waals surface area contributed by atoms with E-state index in [1.807, 2.05) is 5.06 Å². The Bertz CT molecular complexity index is 639. The highest BCUT2D eigenvalue weighted by Crippen LogP contribution is 2.23. The van der Waals surface area contributed by atoms with Gasteiger partial charge in [0.25, 0.3) is 0 Å². The Labute approximate surface area is 126 Å². The summed E-state index contributed by atoms with van der Waals surface area (Å²) in [6.07, 6.45) is 2.68. The van der Waals surface area contributed by atoms with Gasteiger partial charge in [-0.05, 0) is 37.0 Å². The van der Waals surface area contributed by atoms with Crippen LogP contribution in [0.25, 0.3) is 11.4 Å². The molecular weight excluding hydrogens is 292 g/mol. The van der Waals surface area contributed by atoms with E-state index in [0.717, 1.165) is 38.1 Å². The van der Waals surface area contributed by atoms with Crippen molar-refractivity contribution >= 4 is 0 Å². The molecule has 1 aromatic carbocycles. The van der Waals surface area contributed by atoms with E-state index in [9.17, 15) is 8.78 Å². The maximum atomic E-state index is 13.2. The molecule has 0 atom stereocenters. The number of hydroxylamine groups is 2. The Morgan fingerprint density at radius 2 is 2.05 bits per heavy atom. The van der Waals surface area contributed by atoms with Gasteiger partial charge in [-0.3, -0.25) is 0 Å². The number of nitrogens with zero attached hydrogens (tertiary/aromatic N) is 3. The first kappa shape index (κ1) is 15.1. The van der Waals surface area contributed by atoms with Gasteiger partial charge >= 0.3 is 0 Å². The maximum Gasteiger partial charge on any atom is 0.227 e. The number of piperidine rings is 1. The van der Waals surface area contributed by atoms with Gasteiger partial charge in [-0.25, -0.2) is 8.78 Å². The summed E-state index contributed by atoms with van der Waals surface area (Å²) in [7, 11) is 1.67. The molecule has 2 aromatic rings. The molecular formula is C15H17F2N3O2. The normalized spacial score (nSPS) is 17.0. The number of aromatic nitrogens is 2. The van der Waals surface area contributed by atoms with Gasteiger partial charge in [0, 0.05) is 25.1 Å². The third-order valence-corrected chi connectivity index (χ3v) is 3.94. The molecule has 0 aliphatic carbocycles. The van der Waals surface area contributed by atoms with Crippen LogP contribution in [0.2, 0.25) is 0 Å². The molecule has 1 aromatic heterocycles. The van der Waals surface area contributed by atoms with Crippen molar-refractivity contribution in [1.29, 1.82) is 0 Å². The molecule has 2 heterocycles. The van der Waals surface area contributed by atoms with Crippen LogP contribution in [0, 0.1) is 17.6 Å². The lowest BCUT2D eigenvalue weighted by atomic mass is 9.94. The second-order valence-electron chi connectivity index (χ2n) is 5.40. The van der Waals surface area contributed by atoms with Crippen molar-refractivity contribution < 1.29 is 18.1 Å². The molecule has 0 unspecified atom stereocenters. The number of halogens is 2. The zero-order chi connectivity index (χ0) is 15.5. The van der Waals surface area contributed by atoms with Crippen LogP contribution in [0.5, 0.6) is 0 Å². The molecule has 1 aliphatic heterocycles. The van der Waals surface area contributed by atoms with E-state index >= 15 is 0 Å². The molecule has 1 saturated heterocycles. The molecule has 0 spiro atoms. The number of rotatable bonds is 4. The fourth-order valence-corrected chi connectivity index (χ4v) is 2.63. The second-order valence-corrected chi connectivity index (χ2v) is 5.40. The van der Waals surface area contributed by atoms with Crippen molar-refractivity contribution in [3.63, 3.8) is 0 Å². The van der Waals surface area contributed by atoms with E-state index in [1.54, 1.807) is 7.11 Å². The molecule has 22 heavy (non-hydrogen) atoms. The molecule has 0 saturated carbocycles. The van der Waals surface area contributed by atoms with Gasteiger partial charge in [0.15, 0.2) is 11.6 Å². The van der Waals surface area contributed by atoms with Crippen molar-refractivity contribution in [2.24, 2.45) is 5.92 Å². The minimum Gasteiger partial charge on any atom is -0.339 e. The van der Waals surface area contributed by atoms with Gasteiger partial charge in [-0.15, -0.1) is 0 Å². The lowest BCUT2D eigenvalue weighted by Gasteiger charge is -2.29. The zero-order valence-electron chi connectivity index (χ0n) is 12.3. The summed E-state index contributed by atoms with van der Waals surface area (Å²) in [5, 5.41) is 5.77. The van der Waals surface area contributed by atoms with Crippen LogP contribution in [-0.4, -0.2) is 35.4 Å². The highest BCUT2D eigenvalue weighted by molar-refractivity contribution is 5.54. The molecule has 7 heteroatoms. The smallest absolute Gasteiger partial charge is 0.227 e. The van der Waals surface area contributed by atoms with Gasteiger partial charge in [0.1, 0.15) is 0 Å². The van der Waals surface area contributed by atoms with Crippen LogP contribution >= 0.6 is 0 Å². The zero-order valence-corrected chi connectivity index (χ0v) is 12.3. The fraction of sp³-hybridized carbons (Fsp3) is 0.467. The van der Waals surface area contributed by atoms with Gasteiger partial charge in [-0.2, -0.15) is 10.0 Å². The fourth-order valence-electron chi connectivity index (χ4n) is 2.63. The highest BCUT2D eigenvalue weighted by atomic mass is 19.2. The Hall–Kier alpha value is -1.86. The van der Waals surface area contributed by atoms with E-state index < -0.39 is 11.6 Å². The summed E-state index contributed by atoms with van der Waals surface area (Å²) in [6.45, 7) is 1.76. The van der Waals surface area contributed by atoms with Crippen molar-refractivity contribution in [2.45, 2.75) is 19.3 Å². The average Bonchev–Trinajstić information content (AvgIpc) is 2.99. The molecule has 0 N–H and O–H groups in total. The summed E-state index contributed by atoms with van der Waals surface area (Å²) in [6, 6.07) is 3.56. The van der Waals surface area contributed by atoms with E-state index in [4.69, 9.17) is 9.36 Å². The van der Waals surface area contributed by atoms with Crippen LogP contribution in [0.15, 0.2) is 22.7 Å². The molecule has 1 fully saturated rings. The second kappa shape index (κ2) is 6.50. The first-order chi connectivity index (χ1) is 10.7. The molecule has 0 amide bonds. The average molecular weight is 309 g/mol. The monoisotopic (exact) mass is 309 g/mol. The van der Waals surface area contributed by atoms with Crippen LogP contribution in [0.4, 0.5) is 8.78 Å². The highest BCUT2D eigenvalue weighted by Gasteiger charge is 2.22. The lowest BCUT2D eigenvalue weighted by molar-refractivity contribution is -0.148. The summed E-state index contributed by atoms with van der Waals surface area (Å²) in [5.74, 6) is -0.545. The Balaban J connectivity index is 1.65. The first-order valence-corrected chi connectivity index (χ1v) is 7.23. The van der Waals surface area contributed by atoms with Gasteiger partial charge in [0.05, 0.1) is 7.11 Å². The van der Waals surface area contributed by atoms with Gasteiger partial charge in [0.2, 0.25) is 11.7 Å². The molecule has 0 radical (unpaired) electrons. The largest absolute Gasteiger partial charge is 0.339 e. The van der Waals surface area contributed by atoms with Gasteiger partial charge < -0.3 is 9.36 Å². The number of hydrogen-bond acceptors (Lipinski definition) is 5. The van der Waals surface area contributed by atoms with E-state index in [-0.39, 0.29) is 5.82 Å². The van der Waals surface area contributed by atoms with Crippen LogP contribution in [0.1, 0.15) is 18.7 Å². The van der Waals surface area contributed by atoms with E-state index in [2.05, 4.69) is 10.1 Å². The molecule has 3 rings (SSSR count). The summed E-state index contributed by atoms with van der Waals surface area (Å²) >= 11 is 0. The standard InChI is InChI=1S/C15H17F2N3O2/c1-21-20-6-4-10(5-7-20)8-14-18-15(19-22-14)11-2-3-12(16)13(17)9-11/h2-3,9-10H,4-8H2,1H3. The van der Waals surface area contributed by atoms with Gasteiger partial charge in [-0.1, -0.05) is 5.16 Å². The summed E-state index contributed by atoms with van der Waals surface area (Å²) in [5.41, 5.74) is 0.406. The van der Waals surface area contributed by atoms with Crippen LogP contribution in [-0.2, 0) is 11.3 Å². The first-order valence-electron chi connectivity index (χ1n) is 7.23. The Morgan fingerprint density at radius 3 is 2.73 bits per heavy atom. The van der Waals surface area contributed by atoms with E-state index in [1.165, 1.54) is 6.07 Å². The van der Waals surface area contributed by atoms with Crippen LogP contribution < -0.4 is 0 Å². The van der Waals surface area contributed by atoms with Crippen molar-refractivity contribution in [2.75, 3.05) is 20.2 Å². The summed E-state index contributed by atoms with van der Waals surface area (Å²) in [4.78, 5) is 9.46. The number of hydrogen-bond donors (Lipinski definition) is 0. The molecule has 118 valence electrons. The number of benzene rings is 1. The molecule has 5 nitrogen and oxygen atoms in total. The Morgan fingerprint density at radius 1 is 1.27 bits per heavy atom. The maximum absolute atomic E-state index is 13.2. The quantitative estimate of drug-likeness (QED) is 0.869. The SMILES string of the molecule is CON1CCC(Cc2nc(-c3ccc(F)c(F)c3)no2)CC1. The minimum atomic E-state index is -0.921. The van der Waals surface area contributed by atoms with Crippen molar-refractivity contribution in [3.05, 3.63) is 35.7 Å². The molecule has 1 aliphatic rings. The molecule has 0 bridgehead atoms. The van der Waals surface area contributed by atoms with Crippen molar-refractivity contribution in [1.82, 2.24) is 15.2 Å². The van der Waals surface area contributed by atoms with Crippen LogP contribution in [0.3, 0.4) is 0 Å². The third kappa shape index (κ3) is 3.31. The predicted octanol–water partition coefficient (Wildman–Crippen LogP) is 2.83.